The van der Waals surface area contributed by atoms with Gasteiger partial charge in [-0.2, -0.15) is 0 Å². The van der Waals surface area contributed by atoms with E-state index in [1.165, 1.54) is 17.4 Å². The highest BCUT2D eigenvalue weighted by Gasteiger charge is 2.14. The lowest BCUT2D eigenvalue weighted by Crippen LogP contribution is -1.88. The van der Waals surface area contributed by atoms with Gasteiger partial charge in [0.05, 0.1) is 9.40 Å². The molecule has 0 aliphatic rings. The maximum atomic E-state index is 14.3. The molecule has 0 aliphatic heterocycles. The van der Waals surface area contributed by atoms with Crippen LogP contribution in [0.15, 0.2) is 30.3 Å². The molecule has 0 N–H and O–H groups in total. The van der Waals surface area contributed by atoms with Gasteiger partial charge in [0.25, 0.3) is 0 Å². The van der Waals surface area contributed by atoms with Crippen molar-refractivity contribution in [3.63, 3.8) is 0 Å². The van der Waals surface area contributed by atoms with Gasteiger partial charge in [-0.1, -0.05) is 37.6 Å². The van der Waals surface area contributed by atoms with Crippen LogP contribution in [0.5, 0.6) is 0 Å². The van der Waals surface area contributed by atoms with Crippen LogP contribution in [0, 0.1) is 11.6 Å². The van der Waals surface area contributed by atoms with Crippen molar-refractivity contribution in [3.05, 3.63) is 47.5 Å². The van der Waals surface area contributed by atoms with Crippen molar-refractivity contribution in [1.82, 2.24) is 0 Å². The van der Waals surface area contributed by atoms with E-state index in [4.69, 9.17) is 0 Å². The van der Waals surface area contributed by atoms with Crippen LogP contribution in [0.1, 0.15) is 18.9 Å². The predicted octanol–water partition coefficient (Wildman–Crippen LogP) is 5.29. The Kier molecular flexibility index (Phi) is 2.78. The predicted molar refractivity (Wildman–Crippen MR) is 73.2 cm³/mol. The zero-order chi connectivity index (χ0) is 12.7. The van der Waals surface area contributed by atoms with Crippen molar-refractivity contribution in [2.75, 3.05) is 0 Å². The minimum atomic E-state index is -0.273. The summed E-state index contributed by atoms with van der Waals surface area (Å²) in [6, 6.07) is 8.65. The van der Waals surface area contributed by atoms with Gasteiger partial charge in [-0.05, 0) is 18.1 Å². The molecule has 0 unspecified atom stereocenters. The number of benzene rings is 2. The molecule has 3 aromatic rings. The zero-order valence-corrected chi connectivity index (χ0v) is 10.8. The fraction of sp³-hybridized carbons (Fsp3) is 0.200. The Balaban J connectivity index is 2.39. The standard InChI is InChI=1S/C15H12F2S/c1-2-4-9-7-8-11-10-5-3-6-12(16)14(10)18-15(11)13(9)17/h3,5-8H,2,4H2,1H3. The Morgan fingerprint density at radius 1 is 1.00 bits per heavy atom. The molecular weight excluding hydrogens is 250 g/mol. The van der Waals surface area contributed by atoms with Gasteiger partial charge in [0.1, 0.15) is 11.6 Å². The molecule has 0 aliphatic carbocycles. The smallest absolute Gasteiger partial charge is 0.144 e. The minimum absolute atomic E-state index is 0.185. The van der Waals surface area contributed by atoms with E-state index in [2.05, 4.69) is 0 Å². The second-order valence-corrected chi connectivity index (χ2v) is 5.40. The van der Waals surface area contributed by atoms with Gasteiger partial charge >= 0.3 is 0 Å². The van der Waals surface area contributed by atoms with Crippen LogP contribution in [-0.2, 0) is 6.42 Å². The van der Waals surface area contributed by atoms with Crippen LogP contribution < -0.4 is 0 Å². The van der Waals surface area contributed by atoms with Gasteiger partial charge in [-0.3, -0.25) is 0 Å². The molecule has 0 atom stereocenters. The third-order valence-corrected chi connectivity index (χ3v) is 4.38. The average Bonchev–Trinajstić information content (AvgIpc) is 2.74. The SMILES string of the molecule is CCCc1ccc2c(sc3c(F)cccc32)c1F. The molecular formula is C15H12F2S. The summed E-state index contributed by atoms with van der Waals surface area (Å²) in [6.45, 7) is 2.02. The molecule has 2 aromatic carbocycles. The van der Waals surface area contributed by atoms with Crippen molar-refractivity contribution in [2.24, 2.45) is 0 Å². The van der Waals surface area contributed by atoms with Crippen LogP contribution in [0.25, 0.3) is 20.2 Å². The summed E-state index contributed by atoms with van der Waals surface area (Å²) in [5.74, 6) is -0.458. The average molecular weight is 262 g/mol. The molecule has 0 saturated carbocycles. The third kappa shape index (κ3) is 1.62. The molecule has 0 spiro atoms. The first-order valence-electron chi connectivity index (χ1n) is 6.00. The van der Waals surface area contributed by atoms with Crippen molar-refractivity contribution < 1.29 is 8.78 Å². The summed E-state index contributed by atoms with van der Waals surface area (Å²) >= 11 is 1.20. The van der Waals surface area contributed by atoms with Gasteiger partial charge in [0.2, 0.25) is 0 Å². The first kappa shape index (κ1) is 11.6. The number of rotatable bonds is 2. The lowest BCUT2D eigenvalue weighted by molar-refractivity contribution is 0.621. The first-order chi connectivity index (χ1) is 8.72. The van der Waals surface area contributed by atoms with E-state index in [-0.39, 0.29) is 11.6 Å². The van der Waals surface area contributed by atoms with Crippen molar-refractivity contribution >= 4 is 31.5 Å². The van der Waals surface area contributed by atoms with Crippen LogP contribution in [0.4, 0.5) is 8.78 Å². The number of halogens is 2. The van der Waals surface area contributed by atoms with E-state index in [1.807, 2.05) is 25.1 Å². The summed E-state index contributed by atoms with van der Waals surface area (Å²) in [7, 11) is 0. The minimum Gasteiger partial charge on any atom is -0.205 e. The quantitative estimate of drug-likeness (QED) is 0.589. The van der Waals surface area contributed by atoms with Crippen molar-refractivity contribution in [3.8, 4) is 0 Å². The second-order valence-electron chi connectivity index (χ2n) is 4.38. The molecule has 0 bridgehead atoms. The maximum absolute atomic E-state index is 14.3. The number of aryl methyl sites for hydroxylation is 1. The highest BCUT2D eigenvalue weighted by molar-refractivity contribution is 7.25. The highest BCUT2D eigenvalue weighted by atomic mass is 32.1. The molecule has 0 fully saturated rings. The normalized spacial score (nSPS) is 11.5. The molecule has 18 heavy (non-hydrogen) atoms. The molecule has 3 rings (SSSR count). The van der Waals surface area contributed by atoms with Gasteiger partial charge in [0.15, 0.2) is 0 Å². The largest absolute Gasteiger partial charge is 0.205 e. The molecule has 0 saturated heterocycles. The summed E-state index contributed by atoms with van der Waals surface area (Å²) < 4.78 is 29.1. The van der Waals surface area contributed by atoms with Crippen LogP contribution in [0.2, 0.25) is 0 Å². The zero-order valence-electron chi connectivity index (χ0n) is 9.97. The summed E-state index contributed by atoms with van der Waals surface area (Å²) in [4.78, 5) is 0. The molecule has 92 valence electrons. The Bertz CT molecular complexity index is 728. The highest BCUT2D eigenvalue weighted by Crippen LogP contribution is 2.37. The maximum Gasteiger partial charge on any atom is 0.144 e. The Morgan fingerprint density at radius 3 is 2.56 bits per heavy atom. The van der Waals surface area contributed by atoms with Gasteiger partial charge in [-0.15, -0.1) is 11.3 Å². The fourth-order valence-corrected chi connectivity index (χ4v) is 3.46. The Labute approximate surface area is 108 Å². The van der Waals surface area contributed by atoms with E-state index in [9.17, 15) is 8.78 Å². The summed E-state index contributed by atoms with van der Waals surface area (Å²) in [6.07, 6.45) is 1.63. The van der Waals surface area contributed by atoms with E-state index < -0.39 is 0 Å². The fourth-order valence-electron chi connectivity index (χ4n) is 2.30. The van der Waals surface area contributed by atoms with Crippen LogP contribution >= 0.6 is 11.3 Å². The van der Waals surface area contributed by atoms with Gasteiger partial charge in [-0.25, -0.2) is 8.78 Å². The number of hydrogen-bond donors (Lipinski definition) is 0. The number of hydrogen-bond acceptors (Lipinski definition) is 1. The molecule has 3 heteroatoms. The van der Waals surface area contributed by atoms with E-state index in [0.29, 0.717) is 9.40 Å². The van der Waals surface area contributed by atoms with Crippen LogP contribution in [0.3, 0.4) is 0 Å². The van der Waals surface area contributed by atoms with Crippen molar-refractivity contribution in [2.45, 2.75) is 19.8 Å². The summed E-state index contributed by atoms with van der Waals surface area (Å²) in [5.41, 5.74) is 0.719. The third-order valence-electron chi connectivity index (χ3n) is 3.16. The van der Waals surface area contributed by atoms with Gasteiger partial charge in [0, 0.05) is 10.8 Å². The Hall–Kier alpha value is -1.48. The molecule has 1 heterocycles. The molecule has 1 aromatic heterocycles. The van der Waals surface area contributed by atoms with Crippen molar-refractivity contribution in [1.29, 1.82) is 0 Å². The topological polar surface area (TPSA) is 0 Å². The monoisotopic (exact) mass is 262 g/mol. The van der Waals surface area contributed by atoms with Crippen LogP contribution in [-0.4, -0.2) is 0 Å². The first-order valence-corrected chi connectivity index (χ1v) is 6.82. The van der Waals surface area contributed by atoms with E-state index in [1.54, 1.807) is 6.07 Å². The lowest BCUT2D eigenvalue weighted by atomic mass is 10.1. The van der Waals surface area contributed by atoms with Gasteiger partial charge < -0.3 is 0 Å². The molecule has 0 radical (unpaired) electrons. The van der Waals surface area contributed by atoms with E-state index in [0.717, 1.165) is 29.2 Å². The number of fused-ring (bicyclic) bond motifs is 3. The van der Waals surface area contributed by atoms with E-state index >= 15 is 0 Å². The lowest BCUT2D eigenvalue weighted by Gasteiger charge is -2.01. The Morgan fingerprint density at radius 2 is 1.78 bits per heavy atom. The second kappa shape index (κ2) is 4.32. The number of thiophene rings is 1. The molecule has 0 nitrogen and oxygen atoms in total. The summed E-state index contributed by atoms with van der Waals surface area (Å²) in [5, 5.41) is 1.61. The molecule has 0 amide bonds.